The van der Waals surface area contributed by atoms with Crippen LogP contribution in [-0.2, 0) is 14.8 Å². The van der Waals surface area contributed by atoms with E-state index in [1.54, 1.807) is 0 Å². The standard InChI is InChI=1S/Al.H2O3S.O.H/c;1-4(2)3;;/h;4H,(H,1,2,3);;. The molecule has 0 aliphatic rings. The van der Waals surface area contributed by atoms with Crippen LogP contribution in [0.3, 0.4) is 0 Å². The van der Waals surface area contributed by atoms with E-state index in [-0.39, 0.29) is 0 Å². The topological polar surface area (TPSA) is 71.4 Å². The summed E-state index contributed by atoms with van der Waals surface area (Å²) in [6.45, 7) is 0. The fraction of sp³-hybridized carbons (Fsp3) is 0. The van der Waals surface area contributed by atoms with E-state index in [0.29, 0.717) is 16.2 Å². The average molecular weight is 126 g/mol. The van der Waals surface area contributed by atoms with Gasteiger partial charge in [-0.1, -0.05) is 0 Å². The number of hydrogen-bond donors (Lipinski definition) is 2. The van der Waals surface area contributed by atoms with Crippen LogP contribution in [0, 0.1) is 0 Å². The minimum atomic E-state index is -3.12. The van der Waals surface area contributed by atoms with Crippen LogP contribution in [0.15, 0.2) is 0 Å². The van der Waals surface area contributed by atoms with Crippen molar-refractivity contribution in [3.8, 4) is 0 Å². The summed E-state index contributed by atoms with van der Waals surface area (Å²) >= 11 is 0.611. The maximum absolute atomic E-state index is 8.59. The molecule has 1 N–H and O–H groups in total. The molecule has 0 unspecified atom stereocenters. The molecule has 36 valence electrons. The fourth-order valence-electron chi connectivity index (χ4n) is 0. The van der Waals surface area contributed by atoms with E-state index in [1.165, 1.54) is 0 Å². The normalized spacial score (nSPS) is 6.17. The van der Waals surface area contributed by atoms with Crippen molar-refractivity contribution in [3.05, 3.63) is 0 Å². The summed E-state index contributed by atoms with van der Waals surface area (Å²) in [4.78, 5) is 0. The molecule has 0 spiro atoms. The third-order valence-electron chi connectivity index (χ3n) is 0. The van der Waals surface area contributed by atoms with Gasteiger partial charge in [0.1, 0.15) is 0 Å². The van der Waals surface area contributed by atoms with E-state index in [0.717, 1.165) is 0 Å². The van der Waals surface area contributed by atoms with Crippen LogP contribution in [0.5, 0.6) is 0 Å². The summed E-state index contributed by atoms with van der Waals surface area (Å²) in [6, 6.07) is 0. The molecule has 4 nitrogen and oxygen atoms in total. The molecule has 0 amide bonds. The monoisotopic (exact) mass is 126 g/mol. The molecule has 0 atom stereocenters. The van der Waals surface area contributed by atoms with Crippen molar-refractivity contribution < 1.29 is 16.8 Å². The molecule has 0 heterocycles. The van der Waals surface area contributed by atoms with Crippen LogP contribution in [0.25, 0.3) is 0 Å². The van der Waals surface area contributed by atoms with E-state index in [4.69, 9.17) is 16.8 Å². The second kappa shape index (κ2) is 8.97. The van der Waals surface area contributed by atoms with Crippen LogP contribution < -0.4 is 0 Å². The van der Waals surface area contributed by atoms with Gasteiger partial charge in [0.25, 0.3) is 11.0 Å². The Morgan fingerprint density at radius 1 is 1.33 bits per heavy atom. The van der Waals surface area contributed by atoms with E-state index >= 15 is 0 Å². The van der Waals surface area contributed by atoms with E-state index in [2.05, 4.69) is 0 Å². The summed E-state index contributed by atoms with van der Waals surface area (Å²) < 4.78 is 32.5. The molecule has 0 fully saturated rings. The molecule has 0 aromatic heterocycles. The van der Waals surface area contributed by atoms with E-state index < -0.39 is 11.0 Å². The Labute approximate surface area is 44.6 Å². The zero-order valence-electron chi connectivity index (χ0n) is 2.83. The minimum absolute atomic E-state index is 0.611. The van der Waals surface area contributed by atoms with Crippen LogP contribution in [0.1, 0.15) is 0 Å². The van der Waals surface area contributed by atoms with Crippen molar-refractivity contribution in [1.82, 2.24) is 0 Å². The van der Waals surface area contributed by atoms with Crippen molar-refractivity contribution >= 4 is 27.2 Å². The maximum atomic E-state index is 8.59. The molecule has 0 rings (SSSR count). The summed E-state index contributed by atoms with van der Waals surface area (Å²) in [5.41, 5.74) is 0. The molecule has 0 aromatic rings. The van der Waals surface area contributed by atoms with Crippen molar-refractivity contribution in [2.75, 3.05) is 0 Å². The van der Waals surface area contributed by atoms with Crippen molar-refractivity contribution in [1.29, 1.82) is 0 Å². The van der Waals surface area contributed by atoms with Crippen molar-refractivity contribution in [2.24, 2.45) is 0 Å². The number of hydrogen-bond acceptors (Lipinski definition) is 3. The molecule has 0 aliphatic carbocycles. The molecule has 6 heteroatoms. The van der Waals surface area contributed by atoms with Gasteiger partial charge in [0, 0.05) is 0 Å². The molecule has 0 bridgehead atoms. The quantitative estimate of drug-likeness (QED) is 0.230. The van der Waals surface area contributed by atoms with Crippen molar-refractivity contribution in [3.63, 3.8) is 0 Å². The molecule has 0 radical (unpaired) electrons. The van der Waals surface area contributed by atoms with Gasteiger partial charge in [-0.3, -0.25) is 4.55 Å². The van der Waals surface area contributed by atoms with Gasteiger partial charge in [-0.05, 0) is 0 Å². The SMILES string of the molecule is O=[SH](=O)O.[O]=[AlH]. The Kier molecular flexibility index (Phi) is 14.3. The van der Waals surface area contributed by atoms with E-state index in [9.17, 15) is 0 Å². The molecular formula is H3AlO4S. The first-order chi connectivity index (χ1) is 2.73. The molecule has 0 aliphatic heterocycles. The van der Waals surface area contributed by atoms with Crippen LogP contribution in [0.4, 0.5) is 0 Å². The van der Waals surface area contributed by atoms with Gasteiger partial charge < -0.3 is 0 Å². The molecule has 0 saturated heterocycles. The summed E-state index contributed by atoms with van der Waals surface area (Å²) in [6.07, 6.45) is 0. The zero-order valence-corrected chi connectivity index (χ0v) is 5.13. The van der Waals surface area contributed by atoms with Gasteiger partial charge >= 0.3 is 20.0 Å². The summed E-state index contributed by atoms with van der Waals surface area (Å²) in [5, 5.41) is 0. The van der Waals surface area contributed by atoms with Crippen molar-refractivity contribution in [2.45, 2.75) is 0 Å². The fourth-order valence-corrected chi connectivity index (χ4v) is 0. The van der Waals surface area contributed by atoms with Crippen LogP contribution in [-0.4, -0.2) is 29.2 Å². The van der Waals surface area contributed by atoms with Gasteiger partial charge in [0.05, 0.1) is 0 Å². The second-order valence-electron chi connectivity index (χ2n) is 0.238. The Hall–Kier alpha value is 0.242. The number of thiol groups is 1. The van der Waals surface area contributed by atoms with Gasteiger partial charge in [-0.15, -0.1) is 0 Å². The van der Waals surface area contributed by atoms with Crippen LogP contribution in [0.2, 0.25) is 0 Å². The summed E-state index contributed by atoms with van der Waals surface area (Å²) in [5.74, 6) is 0. The third kappa shape index (κ3) is 759. The first-order valence-corrected chi connectivity index (χ1v) is 2.56. The number of rotatable bonds is 0. The predicted molar refractivity (Wildman–Crippen MR) is 20.8 cm³/mol. The average Bonchev–Trinajstić information content (AvgIpc) is 1.41. The molecule has 0 saturated carbocycles. The Bertz CT molecular complexity index is 65.6. The van der Waals surface area contributed by atoms with Gasteiger partial charge in [-0.2, -0.15) is 0 Å². The Morgan fingerprint density at radius 2 is 1.33 bits per heavy atom. The van der Waals surface area contributed by atoms with Gasteiger partial charge in [-0.25, -0.2) is 8.42 Å². The molecule has 0 aromatic carbocycles. The summed E-state index contributed by atoms with van der Waals surface area (Å²) in [7, 11) is -3.12. The molecule has 6 heavy (non-hydrogen) atoms. The zero-order chi connectivity index (χ0) is 5.58. The van der Waals surface area contributed by atoms with E-state index in [1.807, 2.05) is 0 Å². The third-order valence-corrected chi connectivity index (χ3v) is 0. The van der Waals surface area contributed by atoms with Gasteiger partial charge in [0.15, 0.2) is 0 Å². The predicted octanol–water partition coefficient (Wildman–Crippen LogP) is -1.70. The first-order valence-electron chi connectivity index (χ1n) is 0.854. The van der Waals surface area contributed by atoms with Crippen LogP contribution >= 0.6 is 0 Å². The Balaban J connectivity index is 0. The molecular weight excluding hydrogens is 123 g/mol. The Morgan fingerprint density at radius 3 is 1.33 bits per heavy atom. The first kappa shape index (κ1) is 9.53. The second-order valence-corrected chi connectivity index (χ2v) is 0.714. The van der Waals surface area contributed by atoms with Gasteiger partial charge in [0.2, 0.25) is 0 Å².